The minimum Gasteiger partial charge on any atom is -0.387 e. The molecule has 1 N–H and O–H groups in total. The lowest BCUT2D eigenvalue weighted by molar-refractivity contribution is 0.00627. The molecule has 0 saturated carbocycles. The van der Waals surface area contributed by atoms with Crippen LogP contribution in [0.1, 0.15) is 57.0 Å². The van der Waals surface area contributed by atoms with E-state index in [1.54, 1.807) is 0 Å². The molecule has 0 amide bonds. The molecule has 3 rings (SSSR count). The maximum absolute atomic E-state index is 10.9. The Morgan fingerprint density at radius 3 is 2.70 bits per heavy atom. The van der Waals surface area contributed by atoms with Crippen molar-refractivity contribution in [2.45, 2.75) is 57.6 Å². The zero-order valence-electron chi connectivity index (χ0n) is 14.5. The van der Waals surface area contributed by atoms with Crippen LogP contribution in [-0.2, 0) is 6.54 Å². The van der Waals surface area contributed by atoms with Crippen molar-refractivity contribution in [3.63, 3.8) is 0 Å². The molecule has 5 heteroatoms. The molecule has 3 heterocycles. The van der Waals surface area contributed by atoms with Gasteiger partial charge in [0.1, 0.15) is 5.82 Å². The highest BCUT2D eigenvalue weighted by molar-refractivity contribution is 5.06. The first kappa shape index (κ1) is 16.8. The molecule has 23 heavy (non-hydrogen) atoms. The number of aromatic nitrogens is 2. The topological polar surface area (TPSA) is 52.5 Å². The fourth-order valence-corrected chi connectivity index (χ4v) is 3.75. The molecule has 0 bridgehead atoms. The van der Waals surface area contributed by atoms with Gasteiger partial charge < -0.3 is 10.0 Å². The van der Waals surface area contributed by atoms with Crippen molar-refractivity contribution < 1.29 is 5.11 Å². The first-order valence-corrected chi connectivity index (χ1v) is 9.03. The van der Waals surface area contributed by atoms with Crippen LogP contribution in [0.3, 0.4) is 0 Å². The van der Waals surface area contributed by atoms with Crippen molar-refractivity contribution in [1.82, 2.24) is 19.8 Å². The van der Waals surface area contributed by atoms with Crippen LogP contribution in [0.4, 0.5) is 0 Å². The number of hydrogen-bond donors (Lipinski definition) is 1. The monoisotopic (exact) mass is 318 g/mol. The van der Waals surface area contributed by atoms with Gasteiger partial charge in [0.15, 0.2) is 0 Å². The summed E-state index contributed by atoms with van der Waals surface area (Å²) in [5.74, 6) is 1.26. The number of rotatable bonds is 5. The molecule has 0 spiro atoms. The second kappa shape index (κ2) is 7.24. The molecule has 2 fully saturated rings. The first-order chi connectivity index (χ1) is 11.0. The Morgan fingerprint density at radius 1 is 1.17 bits per heavy atom. The van der Waals surface area contributed by atoms with Crippen LogP contribution in [-0.4, -0.2) is 63.2 Å². The largest absolute Gasteiger partial charge is 0.387 e. The lowest BCUT2D eigenvalue weighted by atomic mass is 10.0. The van der Waals surface area contributed by atoms with Crippen LogP contribution in [0.2, 0.25) is 0 Å². The number of β-amino-alcohol motifs (C(OH)–C–C–N with tert-alkyl or cyclic N) is 1. The van der Waals surface area contributed by atoms with E-state index in [0.717, 1.165) is 57.2 Å². The van der Waals surface area contributed by atoms with Crippen LogP contribution in [0, 0.1) is 0 Å². The second-order valence-electron chi connectivity index (χ2n) is 7.58. The molecule has 1 atom stereocenters. The Bertz CT molecular complexity index is 515. The van der Waals surface area contributed by atoms with Crippen LogP contribution in [0.25, 0.3) is 0 Å². The van der Waals surface area contributed by atoms with E-state index in [9.17, 15) is 5.11 Å². The van der Waals surface area contributed by atoms with Crippen LogP contribution >= 0.6 is 0 Å². The van der Waals surface area contributed by atoms with Crippen molar-refractivity contribution in [2.75, 3.05) is 32.7 Å². The van der Waals surface area contributed by atoms with Crippen molar-refractivity contribution >= 4 is 0 Å². The van der Waals surface area contributed by atoms with Gasteiger partial charge in [-0.3, -0.25) is 4.90 Å². The summed E-state index contributed by atoms with van der Waals surface area (Å²) in [4.78, 5) is 13.8. The van der Waals surface area contributed by atoms with Crippen molar-refractivity contribution in [3.8, 4) is 0 Å². The molecule has 5 nitrogen and oxygen atoms in total. The zero-order valence-corrected chi connectivity index (χ0v) is 14.5. The van der Waals surface area contributed by atoms with Crippen molar-refractivity contribution in [3.05, 3.63) is 23.8 Å². The maximum Gasteiger partial charge on any atom is 0.131 e. The third-order valence-electron chi connectivity index (χ3n) is 5.01. The average Bonchev–Trinajstić information content (AvgIpc) is 2.89. The molecule has 0 radical (unpaired) electrons. The quantitative estimate of drug-likeness (QED) is 0.900. The van der Waals surface area contributed by atoms with Gasteiger partial charge >= 0.3 is 0 Å². The number of aliphatic hydroxyl groups is 1. The third-order valence-corrected chi connectivity index (χ3v) is 5.01. The first-order valence-electron chi connectivity index (χ1n) is 9.03. The predicted octanol–water partition coefficient (Wildman–Crippen LogP) is 2.02. The Morgan fingerprint density at radius 2 is 1.96 bits per heavy atom. The normalized spacial score (nSPS) is 27.0. The summed E-state index contributed by atoms with van der Waals surface area (Å²) in [6.45, 7) is 9.86. The van der Waals surface area contributed by atoms with Gasteiger partial charge in [-0.05, 0) is 38.4 Å². The lowest BCUT2D eigenvalue weighted by Crippen LogP contribution is -2.46. The van der Waals surface area contributed by atoms with Gasteiger partial charge in [-0.1, -0.05) is 20.3 Å². The maximum atomic E-state index is 10.9. The number of nitrogens with zero attached hydrogens (tertiary/aromatic N) is 4. The molecular weight excluding hydrogens is 288 g/mol. The Labute approximate surface area is 139 Å². The highest BCUT2D eigenvalue weighted by Gasteiger charge is 2.37. The van der Waals surface area contributed by atoms with Crippen LogP contribution in [0.15, 0.2) is 12.3 Å². The van der Waals surface area contributed by atoms with Gasteiger partial charge in [-0.2, -0.15) is 0 Å². The standard InChI is InChI=1S/C18H30N4O/c1-15(2)17-19-8-6-16(20-17)12-22-11-7-18(23,14-22)13-21-9-4-3-5-10-21/h6,8,15,23H,3-5,7,9-14H2,1-2H3/t18-/m0/s1. The molecule has 0 aliphatic carbocycles. The van der Waals surface area contributed by atoms with Gasteiger partial charge in [0.2, 0.25) is 0 Å². The minimum absolute atomic E-state index is 0.351. The Balaban J connectivity index is 1.55. The van der Waals surface area contributed by atoms with E-state index in [0.29, 0.717) is 5.92 Å². The summed E-state index contributed by atoms with van der Waals surface area (Å²) in [6, 6.07) is 1.99. The second-order valence-corrected chi connectivity index (χ2v) is 7.58. The highest BCUT2D eigenvalue weighted by atomic mass is 16.3. The van der Waals surface area contributed by atoms with E-state index in [2.05, 4.69) is 33.6 Å². The van der Waals surface area contributed by atoms with Gasteiger partial charge in [0.05, 0.1) is 11.3 Å². The minimum atomic E-state index is -0.550. The molecule has 128 valence electrons. The number of piperidine rings is 1. The molecule has 0 unspecified atom stereocenters. The molecule has 2 saturated heterocycles. The number of likely N-dealkylation sites (tertiary alicyclic amines) is 2. The van der Waals surface area contributed by atoms with Crippen molar-refractivity contribution in [1.29, 1.82) is 0 Å². The van der Waals surface area contributed by atoms with Gasteiger partial charge in [0, 0.05) is 38.3 Å². The molecule has 2 aliphatic heterocycles. The summed E-state index contributed by atoms with van der Waals surface area (Å²) in [5.41, 5.74) is 0.511. The third kappa shape index (κ3) is 4.49. The molecule has 1 aromatic rings. The van der Waals surface area contributed by atoms with E-state index in [-0.39, 0.29) is 0 Å². The van der Waals surface area contributed by atoms with E-state index in [1.165, 1.54) is 19.3 Å². The summed E-state index contributed by atoms with van der Waals surface area (Å²) in [5, 5.41) is 10.9. The lowest BCUT2D eigenvalue weighted by Gasteiger charge is -2.33. The smallest absolute Gasteiger partial charge is 0.131 e. The van der Waals surface area contributed by atoms with E-state index in [1.807, 2.05) is 12.3 Å². The van der Waals surface area contributed by atoms with E-state index >= 15 is 0 Å². The SMILES string of the molecule is CC(C)c1nccc(CN2CC[C@](O)(CN3CCCCC3)C2)n1. The summed E-state index contributed by atoms with van der Waals surface area (Å²) >= 11 is 0. The highest BCUT2D eigenvalue weighted by Crippen LogP contribution is 2.25. The van der Waals surface area contributed by atoms with Gasteiger partial charge in [-0.25, -0.2) is 9.97 Å². The predicted molar refractivity (Wildman–Crippen MR) is 91.3 cm³/mol. The summed E-state index contributed by atoms with van der Waals surface area (Å²) in [6.07, 6.45) is 6.61. The zero-order chi connectivity index (χ0) is 16.3. The molecule has 2 aliphatic rings. The molecular formula is C18H30N4O. The fraction of sp³-hybridized carbons (Fsp3) is 0.778. The van der Waals surface area contributed by atoms with Gasteiger partial charge in [0.25, 0.3) is 0 Å². The molecule has 0 aromatic carbocycles. The van der Waals surface area contributed by atoms with E-state index in [4.69, 9.17) is 0 Å². The van der Waals surface area contributed by atoms with E-state index < -0.39 is 5.60 Å². The fourth-order valence-electron chi connectivity index (χ4n) is 3.75. The van der Waals surface area contributed by atoms with Crippen LogP contribution in [0.5, 0.6) is 0 Å². The molecule has 1 aromatic heterocycles. The average molecular weight is 318 g/mol. The Kier molecular flexibility index (Phi) is 5.29. The van der Waals surface area contributed by atoms with Crippen molar-refractivity contribution in [2.24, 2.45) is 0 Å². The van der Waals surface area contributed by atoms with Gasteiger partial charge in [-0.15, -0.1) is 0 Å². The summed E-state index contributed by atoms with van der Waals surface area (Å²) < 4.78 is 0. The Hall–Kier alpha value is -1.04. The van der Waals surface area contributed by atoms with Crippen LogP contribution < -0.4 is 0 Å². The number of hydrogen-bond acceptors (Lipinski definition) is 5. The summed E-state index contributed by atoms with van der Waals surface area (Å²) in [7, 11) is 0.